The van der Waals surface area contributed by atoms with E-state index >= 15 is 0 Å². The molecule has 7 nitrogen and oxygen atoms in total. The van der Waals surface area contributed by atoms with Crippen molar-refractivity contribution >= 4 is 34.8 Å². The van der Waals surface area contributed by atoms with Crippen LogP contribution in [0.5, 0.6) is 0 Å². The predicted octanol–water partition coefficient (Wildman–Crippen LogP) is 6.58. The number of anilines is 3. The second kappa shape index (κ2) is 15.2. The van der Waals surface area contributed by atoms with Gasteiger partial charge in [-0.25, -0.2) is 0 Å². The van der Waals surface area contributed by atoms with Crippen LogP contribution in [0.15, 0.2) is 54.6 Å². The molecule has 0 aromatic heterocycles. The zero-order valence-corrected chi connectivity index (χ0v) is 25.8. The van der Waals surface area contributed by atoms with E-state index in [1.54, 1.807) is 0 Å². The molecule has 42 heavy (non-hydrogen) atoms. The summed E-state index contributed by atoms with van der Waals surface area (Å²) >= 11 is 0. The average Bonchev–Trinajstić information content (AvgIpc) is 3.10. The molecular weight excluding hydrogens is 524 g/mol. The topological polar surface area (TPSA) is 95.7 Å². The van der Waals surface area contributed by atoms with Crippen molar-refractivity contribution in [3.63, 3.8) is 0 Å². The SMILES string of the molecule is CCCC[C@H](C(N)=O)[C@@H](CC(C)C)C(=O)NC1CN(c2ccccc2)c2ccccc2N(CCC2CCCCC2)C1=O. The Morgan fingerprint density at radius 3 is 2.26 bits per heavy atom. The van der Waals surface area contributed by atoms with Crippen molar-refractivity contribution in [2.24, 2.45) is 29.4 Å². The number of unbranched alkanes of at least 4 members (excludes halogenated alkanes) is 1. The van der Waals surface area contributed by atoms with Crippen LogP contribution in [0, 0.1) is 23.7 Å². The molecule has 3 amide bonds. The van der Waals surface area contributed by atoms with E-state index in [1.807, 2.05) is 53.4 Å². The molecule has 7 heteroatoms. The first-order chi connectivity index (χ1) is 20.3. The molecule has 3 atom stereocenters. The Morgan fingerprint density at radius 1 is 0.952 bits per heavy atom. The van der Waals surface area contributed by atoms with E-state index in [0.717, 1.165) is 36.3 Å². The summed E-state index contributed by atoms with van der Waals surface area (Å²) in [7, 11) is 0. The molecule has 0 spiro atoms. The largest absolute Gasteiger partial charge is 0.369 e. The molecule has 1 aliphatic carbocycles. The maximum atomic E-state index is 14.4. The number of nitrogens with zero attached hydrogens (tertiary/aromatic N) is 2. The molecule has 3 N–H and O–H groups in total. The summed E-state index contributed by atoms with van der Waals surface area (Å²) in [5.41, 5.74) is 8.65. The van der Waals surface area contributed by atoms with E-state index < -0.39 is 23.8 Å². The van der Waals surface area contributed by atoms with Crippen molar-refractivity contribution in [1.82, 2.24) is 5.32 Å². The smallest absolute Gasteiger partial charge is 0.251 e. The van der Waals surface area contributed by atoms with Gasteiger partial charge in [0.1, 0.15) is 6.04 Å². The van der Waals surface area contributed by atoms with Gasteiger partial charge in [0.15, 0.2) is 0 Å². The van der Waals surface area contributed by atoms with Crippen LogP contribution in [-0.2, 0) is 14.4 Å². The summed E-state index contributed by atoms with van der Waals surface area (Å²) in [6, 6.07) is 17.3. The van der Waals surface area contributed by atoms with Crippen LogP contribution in [0.1, 0.15) is 85.0 Å². The van der Waals surface area contributed by atoms with E-state index in [1.165, 1.54) is 32.1 Å². The Balaban J connectivity index is 1.68. The molecule has 2 aromatic rings. The van der Waals surface area contributed by atoms with Gasteiger partial charge in [-0.1, -0.05) is 96.0 Å². The number of carbonyl (C=O) groups is 3. The third-order valence-corrected chi connectivity index (χ3v) is 9.04. The zero-order valence-electron chi connectivity index (χ0n) is 25.8. The Hall–Kier alpha value is -3.35. The third-order valence-electron chi connectivity index (χ3n) is 9.04. The van der Waals surface area contributed by atoms with Crippen LogP contribution in [0.2, 0.25) is 0 Å². The molecule has 1 saturated carbocycles. The maximum Gasteiger partial charge on any atom is 0.251 e. The number of benzene rings is 2. The second-order valence-electron chi connectivity index (χ2n) is 12.7. The molecule has 1 fully saturated rings. The lowest BCUT2D eigenvalue weighted by atomic mass is 9.81. The molecule has 0 radical (unpaired) electrons. The molecular formula is C35H50N4O3. The van der Waals surface area contributed by atoms with Gasteiger partial charge >= 0.3 is 0 Å². The summed E-state index contributed by atoms with van der Waals surface area (Å²) in [5, 5.41) is 3.15. The standard InChI is InChI=1S/C35H50N4O3/c1-4-5-18-28(33(36)40)29(23-25(2)3)34(41)37-30-24-39(27-16-10-7-11-17-27)32-20-13-12-19-31(32)38(35(30)42)22-21-26-14-8-6-9-15-26/h7,10-13,16-17,19-20,25-26,28-30H,4-6,8-9,14-15,18,21-24H2,1-3H3,(H2,36,40)(H,37,41)/t28-,29+,30?/m0/s1. The highest BCUT2D eigenvalue weighted by Crippen LogP contribution is 2.38. The predicted molar refractivity (Wildman–Crippen MR) is 171 cm³/mol. The van der Waals surface area contributed by atoms with E-state index in [4.69, 9.17) is 5.73 Å². The van der Waals surface area contributed by atoms with Crippen molar-refractivity contribution in [3.05, 3.63) is 54.6 Å². The number of rotatable bonds is 13. The van der Waals surface area contributed by atoms with Crippen molar-refractivity contribution in [3.8, 4) is 0 Å². The van der Waals surface area contributed by atoms with Gasteiger partial charge in [0, 0.05) is 24.1 Å². The fraction of sp³-hybridized carbons (Fsp3) is 0.571. The molecule has 0 bridgehead atoms. The molecule has 1 aliphatic heterocycles. The number of primary amides is 1. The lowest BCUT2D eigenvalue weighted by molar-refractivity contribution is -0.136. The number of carbonyl (C=O) groups excluding carboxylic acids is 3. The van der Waals surface area contributed by atoms with Crippen molar-refractivity contribution in [1.29, 1.82) is 0 Å². The van der Waals surface area contributed by atoms with Gasteiger partial charge in [-0.2, -0.15) is 0 Å². The lowest BCUT2D eigenvalue weighted by Gasteiger charge is -2.30. The minimum Gasteiger partial charge on any atom is -0.369 e. The van der Waals surface area contributed by atoms with E-state index in [-0.39, 0.29) is 17.7 Å². The van der Waals surface area contributed by atoms with Gasteiger partial charge in [0.05, 0.1) is 17.9 Å². The van der Waals surface area contributed by atoms with Crippen LogP contribution < -0.4 is 20.9 Å². The van der Waals surface area contributed by atoms with Gasteiger partial charge < -0.3 is 20.9 Å². The number of amides is 3. The number of hydrogen-bond acceptors (Lipinski definition) is 4. The number of nitrogens with two attached hydrogens (primary N) is 1. The minimum absolute atomic E-state index is 0.0995. The average molecular weight is 575 g/mol. The summed E-state index contributed by atoms with van der Waals surface area (Å²) in [6.07, 6.45) is 10.0. The zero-order chi connectivity index (χ0) is 30.1. The summed E-state index contributed by atoms with van der Waals surface area (Å²) in [5.74, 6) is -1.11. The van der Waals surface area contributed by atoms with Gasteiger partial charge in [-0.05, 0) is 55.4 Å². The highest BCUT2D eigenvalue weighted by atomic mass is 16.2. The van der Waals surface area contributed by atoms with Crippen molar-refractivity contribution in [2.45, 2.75) is 91.0 Å². The van der Waals surface area contributed by atoms with Gasteiger partial charge in [0.2, 0.25) is 11.8 Å². The second-order valence-corrected chi connectivity index (χ2v) is 12.7. The Labute approximate surface area is 252 Å². The number of nitrogens with one attached hydrogen (secondary N) is 1. The monoisotopic (exact) mass is 574 g/mol. The number of fused-ring (bicyclic) bond motifs is 1. The van der Waals surface area contributed by atoms with Gasteiger partial charge in [-0.15, -0.1) is 0 Å². The molecule has 2 aromatic carbocycles. The quantitative estimate of drug-likeness (QED) is 0.282. The fourth-order valence-electron chi connectivity index (χ4n) is 6.77. The fourth-order valence-corrected chi connectivity index (χ4v) is 6.77. The number of hydrogen-bond donors (Lipinski definition) is 2. The van der Waals surface area contributed by atoms with E-state index in [0.29, 0.717) is 31.8 Å². The van der Waals surface area contributed by atoms with Crippen LogP contribution in [0.4, 0.5) is 17.1 Å². The number of para-hydroxylation sites is 3. The normalized spacial score (nSPS) is 19.2. The minimum atomic E-state index is -0.772. The van der Waals surface area contributed by atoms with Crippen LogP contribution in [-0.4, -0.2) is 36.9 Å². The maximum absolute atomic E-state index is 14.4. The molecule has 228 valence electrons. The first kappa shape index (κ1) is 31.6. The van der Waals surface area contributed by atoms with Crippen LogP contribution in [0.25, 0.3) is 0 Å². The van der Waals surface area contributed by atoms with Crippen LogP contribution >= 0.6 is 0 Å². The first-order valence-corrected chi connectivity index (χ1v) is 16.1. The third kappa shape index (κ3) is 7.93. The Morgan fingerprint density at radius 2 is 1.62 bits per heavy atom. The van der Waals surface area contributed by atoms with Crippen molar-refractivity contribution < 1.29 is 14.4 Å². The first-order valence-electron chi connectivity index (χ1n) is 16.1. The molecule has 2 aliphatic rings. The van der Waals surface area contributed by atoms with Crippen molar-refractivity contribution in [2.75, 3.05) is 22.9 Å². The summed E-state index contributed by atoms with van der Waals surface area (Å²) in [6.45, 7) is 7.09. The Kier molecular flexibility index (Phi) is 11.4. The highest BCUT2D eigenvalue weighted by molar-refractivity contribution is 6.04. The highest BCUT2D eigenvalue weighted by Gasteiger charge is 2.39. The lowest BCUT2D eigenvalue weighted by Crippen LogP contribution is -2.54. The molecule has 1 heterocycles. The molecule has 4 rings (SSSR count). The van der Waals surface area contributed by atoms with E-state index in [2.05, 4.69) is 37.1 Å². The summed E-state index contributed by atoms with van der Waals surface area (Å²) in [4.78, 5) is 45.1. The van der Waals surface area contributed by atoms with Crippen LogP contribution in [0.3, 0.4) is 0 Å². The van der Waals surface area contributed by atoms with E-state index in [9.17, 15) is 14.4 Å². The van der Waals surface area contributed by atoms with Gasteiger partial charge in [0.25, 0.3) is 5.91 Å². The Bertz CT molecular complexity index is 1180. The van der Waals surface area contributed by atoms with Gasteiger partial charge in [-0.3, -0.25) is 14.4 Å². The summed E-state index contributed by atoms with van der Waals surface area (Å²) < 4.78 is 0. The molecule has 1 unspecified atom stereocenters. The molecule has 0 saturated heterocycles.